The molecule has 6 nitrogen and oxygen atoms in total. The topological polar surface area (TPSA) is 57.7 Å². The van der Waals surface area contributed by atoms with Crippen LogP contribution in [0.3, 0.4) is 0 Å². The predicted octanol–water partition coefficient (Wildman–Crippen LogP) is 3.44. The summed E-state index contributed by atoms with van der Waals surface area (Å²) in [5.74, 6) is 0. The summed E-state index contributed by atoms with van der Waals surface area (Å²) in [4.78, 5) is 22.0. The lowest BCUT2D eigenvalue weighted by molar-refractivity contribution is 0.117. The van der Waals surface area contributed by atoms with Gasteiger partial charge in [0.15, 0.2) is 8.32 Å². The zero-order valence-corrected chi connectivity index (χ0v) is 18.7. The maximum Gasteiger partial charge on any atom is 0.317 e. The molecule has 2 aliphatic heterocycles. The van der Waals surface area contributed by atoms with Gasteiger partial charge in [0.1, 0.15) is 5.01 Å². The molecular formula is C18H32N4O2SSi. The summed E-state index contributed by atoms with van der Waals surface area (Å²) in [6.07, 6.45) is 2.04. The number of fused-ring (bicyclic) bond motifs is 1. The number of urea groups is 1. The van der Waals surface area contributed by atoms with Gasteiger partial charge < -0.3 is 14.6 Å². The van der Waals surface area contributed by atoms with Crippen molar-refractivity contribution in [2.24, 2.45) is 0 Å². The van der Waals surface area contributed by atoms with E-state index in [9.17, 15) is 4.79 Å². The Morgan fingerprint density at radius 3 is 2.85 bits per heavy atom. The second-order valence-corrected chi connectivity index (χ2v) is 14.9. The molecule has 3 heterocycles. The lowest BCUT2D eigenvalue weighted by atomic mass is 10.2. The van der Waals surface area contributed by atoms with Crippen LogP contribution < -0.4 is 5.32 Å². The maximum atomic E-state index is 11.7. The molecule has 2 atom stereocenters. The van der Waals surface area contributed by atoms with Crippen molar-refractivity contribution in [1.82, 2.24) is 20.1 Å². The lowest BCUT2D eigenvalue weighted by Crippen LogP contribution is -2.51. The van der Waals surface area contributed by atoms with Crippen LogP contribution in [0, 0.1) is 0 Å². The van der Waals surface area contributed by atoms with Gasteiger partial charge in [-0.1, -0.05) is 20.8 Å². The van der Waals surface area contributed by atoms with Gasteiger partial charge in [-0.25, -0.2) is 9.78 Å². The van der Waals surface area contributed by atoms with E-state index in [1.165, 1.54) is 4.88 Å². The number of hydrogen-bond donors (Lipinski definition) is 1. The highest BCUT2D eigenvalue weighted by Crippen LogP contribution is 2.40. The van der Waals surface area contributed by atoms with Crippen LogP contribution in [0.1, 0.15) is 43.7 Å². The van der Waals surface area contributed by atoms with Gasteiger partial charge in [0.2, 0.25) is 0 Å². The van der Waals surface area contributed by atoms with Crippen LogP contribution in [0.5, 0.6) is 0 Å². The zero-order valence-electron chi connectivity index (χ0n) is 16.8. The minimum Gasteiger partial charge on any atom is -0.408 e. The van der Waals surface area contributed by atoms with E-state index in [0.717, 1.165) is 37.7 Å². The third kappa shape index (κ3) is 4.13. The van der Waals surface area contributed by atoms with Crippen LogP contribution in [0.2, 0.25) is 18.1 Å². The van der Waals surface area contributed by atoms with Gasteiger partial charge in [-0.2, -0.15) is 0 Å². The summed E-state index contributed by atoms with van der Waals surface area (Å²) in [6.45, 7) is 17.8. The summed E-state index contributed by atoms with van der Waals surface area (Å²) < 4.78 is 6.48. The Morgan fingerprint density at radius 2 is 2.15 bits per heavy atom. The van der Waals surface area contributed by atoms with E-state index in [-0.39, 0.29) is 17.2 Å². The average molecular weight is 397 g/mol. The SMILES string of the molecule is C[C@@H](O[Si](C)(C)C(C)(C)C)c1ncc(CN2CCN3C(=O)NC[C@H]3C2)s1. The maximum absolute atomic E-state index is 11.7. The lowest BCUT2D eigenvalue weighted by Gasteiger charge is -2.38. The highest BCUT2D eigenvalue weighted by molar-refractivity contribution is 7.11. The van der Waals surface area contributed by atoms with Crippen LogP contribution in [0.15, 0.2) is 6.20 Å². The molecule has 0 aromatic carbocycles. The van der Waals surface area contributed by atoms with Gasteiger partial charge in [0, 0.05) is 43.8 Å². The van der Waals surface area contributed by atoms with Crippen LogP contribution in [0.25, 0.3) is 0 Å². The summed E-state index contributed by atoms with van der Waals surface area (Å²) in [6, 6.07) is 0.399. The van der Waals surface area contributed by atoms with Crippen molar-refractivity contribution in [2.45, 2.75) is 64.5 Å². The van der Waals surface area contributed by atoms with Crippen LogP contribution >= 0.6 is 11.3 Å². The van der Waals surface area contributed by atoms with E-state index >= 15 is 0 Å². The Balaban J connectivity index is 1.57. The molecule has 0 radical (unpaired) electrons. The van der Waals surface area contributed by atoms with Gasteiger partial charge in [0.05, 0.1) is 12.1 Å². The van der Waals surface area contributed by atoms with Gasteiger partial charge >= 0.3 is 6.03 Å². The zero-order chi connectivity index (χ0) is 19.1. The second-order valence-electron chi connectivity index (χ2n) is 8.95. The molecular weight excluding hydrogens is 364 g/mol. The molecule has 0 unspecified atom stereocenters. The summed E-state index contributed by atoms with van der Waals surface area (Å²) in [5, 5.41) is 4.21. The molecule has 1 N–H and O–H groups in total. The molecule has 0 saturated carbocycles. The van der Waals surface area contributed by atoms with Gasteiger partial charge in [0.25, 0.3) is 0 Å². The molecule has 146 valence electrons. The molecule has 2 amide bonds. The fourth-order valence-electron chi connectivity index (χ4n) is 3.29. The van der Waals surface area contributed by atoms with Gasteiger partial charge in [-0.3, -0.25) is 4.90 Å². The van der Waals surface area contributed by atoms with E-state index in [1.54, 1.807) is 11.3 Å². The van der Waals surface area contributed by atoms with E-state index in [1.807, 2.05) is 11.1 Å². The molecule has 2 saturated heterocycles. The average Bonchev–Trinajstić information content (AvgIpc) is 3.13. The summed E-state index contributed by atoms with van der Waals surface area (Å²) in [5.41, 5.74) is 0. The number of piperazine rings is 1. The molecule has 2 fully saturated rings. The molecule has 3 rings (SSSR count). The van der Waals surface area contributed by atoms with Gasteiger partial charge in [-0.05, 0) is 25.1 Å². The quantitative estimate of drug-likeness (QED) is 0.775. The number of aromatic nitrogens is 1. The Bertz CT molecular complexity index is 658. The fourth-order valence-corrected chi connectivity index (χ4v) is 5.66. The fraction of sp³-hybridized carbons (Fsp3) is 0.778. The monoisotopic (exact) mass is 396 g/mol. The summed E-state index contributed by atoms with van der Waals surface area (Å²) in [7, 11) is -1.79. The van der Waals surface area contributed by atoms with Crippen molar-refractivity contribution in [1.29, 1.82) is 0 Å². The van der Waals surface area contributed by atoms with Crippen molar-refractivity contribution >= 4 is 25.7 Å². The Labute approximate surface area is 162 Å². The first kappa shape index (κ1) is 19.8. The number of carbonyl (C=O) groups excluding carboxylic acids is 1. The number of nitrogens with zero attached hydrogens (tertiary/aromatic N) is 3. The third-order valence-electron chi connectivity index (χ3n) is 5.89. The van der Waals surface area contributed by atoms with Crippen molar-refractivity contribution < 1.29 is 9.22 Å². The largest absolute Gasteiger partial charge is 0.408 e. The first-order valence-electron chi connectivity index (χ1n) is 9.46. The van der Waals surface area contributed by atoms with Crippen LogP contribution in [0.4, 0.5) is 4.79 Å². The van der Waals surface area contributed by atoms with E-state index in [0.29, 0.717) is 6.04 Å². The van der Waals surface area contributed by atoms with E-state index in [4.69, 9.17) is 4.43 Å². The molecule has 8 heteroatoms. The molecule has 0 aliphatic carbocycles. The first-order valence-corrected chi connectivity index (χ1v) is 13.2. The molecule has 26 heavy (non-hydrogen) atoms. The molecule has 1 aromatic rings. The predicted molar refractivity (Wildman–Crippen MR) is 108 cm³/mol. The Kier molecular flexibility index (Phi) is 5.49. The molecule has 1 aromatic heterocycles. The van der Waals surface area contributed by atoms with E-state index < -0.39 is 8.32 Å². The second kappa shape index (κ2) is 7.22. The molecule has 2 aliphatic rings. The number of amides is 2. The molecule has 0 bridgehead atoms. The van der Waals surface area contributed by atoms with Crippen LogP contribution in [-0.2, 0) is 11.0 Å². The van der Waals surface area contributed by atoms with Crippen LogP contribution in [-0.4, -0.2) is 61.4 Å². The minimum atomic E-state index is -1.79. The number of rotatable bonds is 5. The minimum absolute atomic E-state index is 0.0446. The van der Waals surface area contributed by atoms with Crippen molar-refractivity contribution in [3.8, 4) is 0 Å². The van der Waals surface area contributed by atoms with Crippen molar-refractivity contribution in [3.05, 3.63) is 16.1 Å². The number of nitrogens with one attached hydrogen (secondary N) is 1. The number of thiazole rings is 1. The van der Waals surface area contributed by atoms with Gasteiger partial charge in [-0.15, -0.1) is 11.3 Å². The smallest absolute Gasteiger partial charge is 0.317 e. The highest BCUT2D eigenvalue weighted by atomic mass is 32.1. The Hall–Kier alpha value is -0.963. The first-order chi connectivity index (χ1) is 12.1. The standard InChI is InChI=1S/C18H32N4O2SSi/c1-13(24-26(5,6)18(2,3)4)16-19-10-15(25-16)12-21-7-8-22-14(11-21)9-20-17(22)23/h10,13-14H,7-9,11-12H2,1-6H3,(H,20,23)/t13-,14+/m1/s1. The number of hydrogen-bond acceptors (Lipinski definition) is 5. The third-order valence-corrected chi connectivity index (χ3v) is 11.6. The number of carbonyl (C=O) groups is 1. The Morgan fingerprint density at radius 1 is 1.42 bits per heavy atom. The highest BCUT2D eigenvalue weighted by Gasteiger charge is 2.39. The van der Waals surface area contributed by atoms with Crippen molar-refractivity contribution in [2.75, 3.05) is 26.2 Å². The van der Waals surface area contributed by atoms with Crippen molar-refractivity contribution in [3.63, 3.8) is 0 Å². The normalized spacial score (nSPS) is 23.1. The summed E-state index contributed by atoms with van der Waals surface area (Å²) >= 11 is 1.76. The van der Waals surface area contributed by atoms with E-state index in [2.05, 4.69) is 56.0 Å². The molecule has 0 spiro atoms.